The molecule has 16 heavy (non-hydrogen) atoms. The summed E-state index contributed by atoms with van der Waals surface area (Å²) in [5.41, 5.74) is 0.829. The molecule has 0 unspecified atom stereocenters. The minimum Gasteiger partial charge on any atom is -0.478 e. The Kier molecular flexibility index (Phi) is 8.85. The maximum absolute atomic E-state index is 10.3. The smallest absolute Gasteiger partial charge is 0.328 e. The summed E-state index contributed by atoms with van der Waals surface area (Å²) in [6.07, 6.45) is 2.18. The summed E-state index contributed by atoms with van der Waals surface area (Å²) < 4.78 is 5.42. The lowest BCUT2D eigenvalue weighted by atomic mass is 10.2. The SMILES string of the molecule is CC(=CC(=O)O)CNCCCOCC(C)C. The quantitative estimate of drug-likeness (QED) is 0.466. The molecule has 0 aliphatic carbocycles. The van der Waals surface area contributed by atoms with E-state index < -0.39 is 5.97 Å². The topological polar surface area (TPSA) is 58.6 Å². The van der Waals surface area contributed by atoms with E-state index >= 15 is 0 Å². The molecule has 0 saturated heterocycles. The van der Waals surface area contributed by atoms with Crippen LogP contribution < -0.4 is 5.32 Å². The van der Waals surface area contributed by atoms with Gasteiger partial charge in [0, 0.05) is 25.8 Å². The Labute approximate surface area is 97.7 Å². The average molecular weight is 229 g/mol. The number of nitrogens with one attached hydrogen (secondary N) is 1. The summed E-state index contributed by atoms with van der Waals surface area (Å²) in [5, 5.41) is 11.7. The molecular weight excluding hydrogens is 206 g/mol. The van der Waals surface area contributed by atoms with E-state index in [2.05, 4.69) is 19.2 Å². The normalized spacial score (nSPS) is 12.1. The number of aliphatic carboxylic acids is 1. The van der Waals surface area contributed by atoms with Gasteiger partial charge in [-0.15, -0.1) is 0 Å². The van der Waals surface area contributed by atoms with E-state index in [0.29, 0.717) is 12.5 Å². The van der Waals surface area contributed by atoms with Crippen LogP contribution in [0.5, 0.6) is 0 Å². The van der Waals surface area contributed by atoms with Crippen molar-refractivity contribution in [2.75, 3.05) is 26.3 Å². The van der Waals surface area contributed by atoms with Gasteiger partial charge in [0.15, 0.2) is 0 Å². The molecule has 0 rings (SSSR count). The zero-order valence-corrected chi connectivity index (χ0v) is 10.5. The van der Waals surface area contributed by atoms with Crippen LogP contribution in [-0.4, -0.2) is 37.4 Å². The summed E-state index contributed by atoms with van der Waals surface area (Å²) in [6, 6.07) is 0. The van der Waals surface area contributed by atoms with Gasteiger partial charge >= 0.3 is 5.97 Å². The maximum atomic E-state index is 10.3. The second kappa shape index (κ2) is 9.36. The van der Waals surface area contributed by atoms with E-state index in [0.717, 1.165) is 31.8 Å². The Morgan fingerprint density at radius 1 is 1.50 bits per heavy atom. The van der Waals surface area contributed by atoms with E-state index in [-0.39, 0.29) is 0 Å². The standard InChI is InChI=1S/C12H23NO3/c1-10(2)9-16-6-4-5-13-8-11(3)7-12(14)15/h7,10,13H,4-6,8-9H2,1-3H3,(H,14,15). The molecule has 0 spiro atoms. The molecular formula is C12H23NO3. The van der Waals surface area contributed by atoms with Crippen molar-refractivity contribution in [3.05, 3.63) is 11.6 Å². The second-order valence-electron chi connectivity index (χ2n) is 4.33. The number of carbonyl (C=O) groups is 1. The van der Waals surface area contributed by atoms with Gasteiger partial charge < -0.3 is 15.2 Å². The van der Waals surface area contributed by atoms with E-state index in [9.17, 15) is 4.79 Å². The fourth-order valence-electron chi connectivity index (χ4n) is 1.17. The molecule has 0 bridgehead atoms. The molecule has 2 N–H and O–H groups in total. The molecule has 0 aromatic heterocycles. The lowest BCUT2D eigenvalue weighted by Crippen LogP contribution is -2.19. The molecule has 0 atom stereocenters. The minimum absolute atomic E-state index is 0.578. The van der Waals surface area contributed by atoms with Gasteiger partial charge in [-0.05, 0) is 25.8 Å². The van der Waals surface area contributed by atoms with Gasteiger partial charge in [0.2, 0.25) is 0 Å². The molecule has 0 aliphatic rings. The molecule has 0 aromatic carbocycles. The summed E-state index contributed by atoms with van der Waals surface area (Å²) in [7, 11) is 0. The van der Waals surface area contributed by atoms with Gasteiger partial charge in [-0.2, -0.15) is 0 Å². The summed E-state index contributed by atoms with van der Waals surface area (Å²) >= 11 is 0. The van der Waals surface area contributed by atoms with Crippen molar-refractivity contribution in [1.82, 2.24) is 5.32 Å². The Balaban J connectivity index is 3.30. The Bertz CT molecular complexity index is 224. The number of carboxylic acid groups (broad SMARTS) is 1. The second-order valence-corrected chi connectivity index (χ2v) is 4.33. The van der Waals surface area contributed by atoms with E-state index in [4.69, 9.17) is 9.84 Å². The predicted octanol–water partition coefficient (Wildman–Crippen LogP) is 1.67. The van der Waals surface area contributed by atoms with Crippen molar-refractivity contribution in [3.8, 4) is 0 Å². The van der Waals surface area contributed by atoms with E-state index in [1.54, 1.807) is 6.92 Å². The lowest BCUT2D eigenvalue weighted by molar-refractivity contribution is -0.131. The number of ether oxygens (including phenoxy) is 1. The molecule has 0 aliphatic heterocycles. The first-order valence-corrected chi connectivity index (χ1v) is 5.71. The van der Waals surface area contributed by atoms with Crippen LogP contribution in [0.15, 0.2) is 11.6 Å². The lowest BCUT2D eigenvalue weighted by Gasteiger charge is -2.07. The Morgan fingerprint density at radius 3 is 2.75 bits per heavy atom. The first kappa shape index (κ1) is 15.1. The highest BCUT2D eigenvalue weighted by atomic mass is 16.5. The third-order valence-electron chi connectivity index (χ3n) is 1.87. The number of carboxylic acids is 1. The molecule has 0 amide bonds. The fourth-order valence-corrected chi connectivity index (χ4v) is 1.17. The molecule has 4 heteroatoms. The van der Waals surface area contributed by atoms with Crippen LogP contribution in [-0.2, 0) is 9.53 Å². The molecule has 94 valence electrons. The van der Waals surface area contributed by atoms with Crippen LogP contribution in [0.3, 0.4) is 0 Å². The van der Waals surface area contributed by atoms with Gasteiger partial charge in [-0.3, -0.25) is 0 Å². The van der Waals surface area contributed by atoms with Crippen LogP contribution in [0, 0.1) is 5.92 Å². The zero-order valence-electron chi connectivity index (χ0n) is 10.5. The first-order valence-electron chi connectivity index (χ1n) is 5.71. The van der Waals surface area contributed by atoms with Gasteiger partial charge in [0.05, 0.1) is 0 Å². The molecule has 0 saturated carbocycles. The van der Waals surface area contributed by atoms with Crippen molar-refractivity contribution in [3.63, 3.8) is 0 Å². The molecule has 0 radical (unpaired) electrons. The molecule has 0 aromatic rings. The highest BCUT2D eigenvalue weighted by molar-refractivity contribution is 5.80. The maximum Gasteiger partial charge on any atom is 0.328 e. The molecule has 0 heterocycles. The van der Waals surface area contributed by atoms with Crippen molar-refractivity contribution in [1.29, 1.82) is 0 Å². The van der Waals surface area contributed by atoms with Gasteiger partial charge in [-0.1, -0.05) is 19.4 Å². The number of hydrogen-bond acceptors (Lipinski definition) is 3. The average Bonchev–Trinajstić information content (AvgIpc) is 2.14. The fraction of sp³-hybridized carbons (Fsp3) is 0.750. The van der Waals surface area contributed by atoms with E-state index in [1.165, 1.54) is 6.08 Å². The molecule has 0 fully saturated rings. The Hall–Kier alpha value is -0.870. The highest BCUT2D eigenvalue weighted by Gasteiger charge is 1.95. The zero-order chi connectivity index (χ0) is 12.4. The Morgan fingerprint density at radius 2 is 2.19 bits per heavy atom. The highest BCUT2D eigenvalue weighted by Crippen LogP contribution is 1.93. The summed E-state index contributed by atoms with van der Waals surface area (Å²) in [5.74, 6) is -0.312. The number of hydrogen-bond donors (Lipinski definition) is 2. The van der Waals surface area contributed by atoms with Crippen molar-refractivity contribution in [2.45, 2.75) is 27.2 Å². The number of rotatable bonds is 9. The van der Waals surface area contributed by atoms with Gasteiger partial charge in [0.1, 0.15) is 0 Å². The van der Waals surface area contributed by atoms with Crippen LogP contribution in [0.4, 0.5) is 0 Å². The van der Waals surface area contributed by atoms with Crippen LogP contribution >= 0.6 is 0 Å². The molecule has 4 nitrogen and oxygen atoms in total. The summed E-state index contributed by atoms with van der Waals surface area (Å²) in [6.45, 7) is 9.08. The van der Waals surface area contributed by atoms with Crippen LogP contribution in [0.25, 0.3) is 0 Å². The van der Waals surface area contributed by atoms with Gasteiger partial charge in [0.25, 0.3) is 0 Å². The van der Waals surface area contributed by atoms with Gasteiger partial charge in [-0.25, -0.2) is 4.79 Å². The third-order valence-corrected chi connectivity index (χ3v) is 1.87. The minimum atomic E-state index is -0.889. The van der Waals surface area contributed by atoms with Crippen molar-refractivity contribution in [2.24, 2.45) is 5.92 Å². The van der Waals surface area contributed by atoms with Crippen LogP contribution in [0.2, 0.25) is 0 Å². The van der Waals surface area contributed by atoms with Crippen LogP contribution in [0.1, 0.15) is 27.2 Å². The third kappa shape index (κ3) is 11.2. The largest absolute Gasteiger partial charge is 0.478 e. The monoisotopic (exact) mass is 229 g/mol. The van der Waals surface area contributed by atoms with Crippen molar-refractivity contribution < 1.29 is 14.6 Å². The van der Waals surface area contributed by atoms with E-state index in [1.807, 2.05) is 0 Å². The first-order chi connectivity index (χ1) is 7.52. The van der Waals surface area contributed by atoms with Crippen molar-refractivity contribution >= 4 is 5.97 Å². The summed E-state index contributed by atoms with van der Waals surface area (Å²) in [4.78, 5) is 10.3. The predicted molar refractivity (Wildman–Crippen MR) is 64.5 cm³/mol.